The van der Waals surface area contributed by atoms with Crippen molar-refractivity contribution in [1.82, 2.24) is 4.98 Å². The van der Waals surface area contributed by atoms with Gasteiger partial charge in [-0.2, -0.15) is 13.2 Å². The van der Waals surface area contributed by atoms with Crippen molar-refractivity contribution in [2.45, 2.75) is 6.18 Å². The van der Waals surface area contributed by atoms with E-state index in [-0.39, 0.29) is 10.8 Å². The molecule has 2 rings (SSSR count). The Labute approximate surface area is 137 Å². The summed E-state index contributed by atoms with van der Waals surface area (Å²) in [6, 6.07) is 3.81. The molecule has 10 heteroatoms. The van der Waals surface area contributed by atoms with E-state index in [1.807, 2.05) is 0 Å². The number of pyridine rings is 1. The van der Waals surface area contributed by atoms with Gasteiger partial charge in [0.05, 0.1) is 10.6 Å². The van der Waals surface area contributed by atoms with Gasteiger partial charge < -0.3 is 10.1 Å². The molecule has 0 unspecified atom stereocenters. The minimum atomic E-state index is -4.59. The fourth-order valence-electron chi connectivity index (χ4n) is 1.45. The number of carbonyl (C=O) groups is 2. The van der Waals surface area contributed by atoms with Crippen LogP contribution in [0.4, 0.5) is 19.0 Å². The Balaban J connectivity index is 1.94. The molecule has 1 amide bonds. The van der Waals surface area contributed by atoms with E-state index in [0.29, 0.717) is 17.1 Å². The van der Waals surface area contributed by atoms with E-state index in [4.69, 9.17) is 16.3 Å². The van der Waals surface area contributed by atoms with Crippen molar-refractivity contribution in [1.29, 1.82) is 0 Å². The lowest BCUT2D eigenvalue weighted by Gasteiger charge is -2.10. The molecule has 2 aromatic heterocycles. The summed E-state index contributed by atoms with van der Waals surface area (Å²) in [5.41, 5.74) is -1.04. The van der Waals surface area contributed by atoms with E-state index >= 15 is 0 Å². The van der Waals surface area contributed by atoms with Gasteiger partial charge in [-0.1, -0.05) is 17.7 Å². The second kappa shape index (κ2) is 6.97. The van der Waals surface area contributed by atoms with E-state index < -0.39 is 30.2 Å². The molecular weight excluding hydrogens is 357 g/mol. The van der Waals surface area contributed by atoms with Crippen LogP contribution in [0.1, 0.15) is 15.2 Å². The second-order valence-corrected chi connectivity index (χ2v) is 5.51. The number of ether oxygens (including phenoxy) is 1. The smallest absolute Gasteiger partial charge is 0.417 e. The molecule has 0 bridgehead atoms. The maximum Gasteiger partial charge on any atom is 0.417 e. The number of nitrogens with zero attached hydrogens (tertiary/aromatic N) is 1. The third kappa shape index (κ3) is 4.67. The fraction of sp³-hybridized carbons (Fsp3) is 0.154. The fourth-order valence-corrected chi connectivity index (χ4v) is 2.28. The van der Waals surface area contributed by atoms with Gasteiger partial charge in [-0.05, 0) is 17.5 Å². The predicted octanol–water partition coefficient (Wildman–Crippen LogP) is 3.61. The van der Waals surface area contributed by atoms with Crippen LogP contribution in [-0.4, -0.2) is 23.5 Å². The Hall–Kier alpha value is -2.13. The Morgan fingerprint density at radius 1 is 1.39 bits per heavy atom. The Bertz CT molecular complexity index is 720. The molecule has 0 aliphatic heterocycles. The molecule has 0 spiro atoms. The molecule has 1 N–H and O–H groups in total. The van der Waals surface area contributed by atoms with Gasteiger partial charge >= 0.3 is 12.1 Å². The number of amides is 1. The molecule has 23 heavy (non-hydrogen) atoms. The third-order valence-electron chi connectivity index (χ3n) is 2.48. The average molecular weight is 365 g/mol. The van der Waals surface area contributed by atoms with E-state index in [0.717, 1.165) is 11.3 Å². The van der Waals surface area contributed by atoms with Crippen LogP contribution < -0.4 is 5.32 Å². The van der Waals surface area contributed by atoms with Crippen LogP contribution in [0.3, 0.4) is 0 Å². The van der Waals surface area contributed by atoms with E-state index in [9.17, 15) is 22.8 Å². The van der Waals surface area contributed by atoms with Crippen LogP contribution in [0.2, 0.25) is 5.02 Å². The van der Waals surface area contributed by atoms with E-state index in [2.05, 4.69) is 10.3 Å². The first-order chi connectivity index (χ1) is 10.8. The molecule has 0 fully saturated rings. The summed E-state index contributed by atoms with van der Waals surface area (Å²) in [5, 5.41) is 3.46. The molecule has 0 saturated carbocycles. The molecule has 2 aromatic rings. The highest BCUT2D eigenvalue weighted by Crippen LogP contribution is 2.32. The summed E-state index contributed by atoms with van der Waals surface area (Å²) >= 11 is 6.79. The van der Waals surface area contributed by atoms with Gasteiger partial charge in [0.25, 0.3) is 5.91 Å². The van der Waals surface area contributed by atoms with Crippen molar-refractivity contribution < 1.29 is 27.5 Å². The van der Waals surface area contributed by atoms with Crippen molar-refractivity contribution >= 4 is 40.6 Å². The molecule has 0 aromatic carbocycles. The van der Waals surface area contributed by atoms with Gasteiger partial charge in [-0.25, -0.2) is 9.78 Å². The van der Waals surface area contributed by atoms with Crippen molar-refractivity contribution in [3.05, 3.63) is 45.2 Å². The molecule has 0 saturated heterocycles. The molecule has 0 aliphatic rings. The SMILES string of the molecule is O=C(COC(=O)c1cccs1)Nc1ncc(C(F)(F)F)cc1Cl. The van der Waals surface area contributed by atoms with Crippen LogP contribution in [0, 0.1) is 0 Å². The number of aromatic nitrogens is 1. The first-order valence-corrected chi connectivity index (χ1v) is 7.26. The van der Waals surface area contributed by atoms with E-state index in [1.165, 1.54) is 6.07 Å². The van der Waals surface area contributed by atoms with Gasteiger partial charge in [0, 0.05) is 6.20 Å². The maximum absolute atomic E-state index is 12.5. The molecule has 5 nitrogen and oxygen atoms in total. The topological polar surface area (TPSA) is 68.3 Å². The molecule has 0 atom stereocenters. The summed E-state index contributed by atoms with van der Waals surface area (Å²) in [7, 11) is 0. The number of anilines is 1. The predicted molar refractivity (Wildman–Crippen MR) is 77.5 cm³/mol. The zero-order valence-corrected chi connectivity index (χ0v) is 12.8. The van der Waals surface area contributed by atoms with Crippen molar-refractivity contribution in [3.8, 4) is 0 Å². The standard InChI is InChI=1S/C13H8ClF3N2O3S/c14-8-4-7(13(15,16)17)5-18-11(8)19-10(20)6-22-12(21)9-2-1-3-23-9/h1-5H,6H2,(H,18,19,20). The molecular formula is C13H8ClF3N2O3S. The number of carbonyl (C=O) groups excluding carboxylic acids is 2. The van der Waals surface area contributed by atoms with Crippen molar-refractivity contribution in [3.63, 3.8) is 0 Å². The van der Waals surface area contributed by atoms with Gasteiger partial charge in [0.15, 0.2) is 12.4 Å². The zero-order chi connectivity index (χ0) is 17.0. The summed E-state index contributed by atoms with van der Waals surface area (Å²) in [6.45, 7) is -0.615. The van der Waals surface area contributed by atoms with Crippen LogP contribution in [0.25, 0.3) is 0 Å². The summed E-state index contributed by atoms with van der Waals surface area (Å²) in [6.07, 6.45) is -4.05. The summed E-state index contributed by atoms with van der Waals surface area (Å²) < 4.78 is 42.1. The van der Waals surface area contributed by atoms with Crippen LogP contribution in [0.15, 0.2) is 29.8 Å². The average Bonchev–Trinajstić information content (AvgIpc) is 3.00. The van der Waals surface area contributed by atoms with Crippen LogP contribution in [-0.2, 0) is 15.7 Å². The van der Waals surface area contributed by atoms with Crippen LogP contribution in [0.5, 0.6) is 0 Å². The largest absolute Gasteiger partial charge is 0.451 e. The van der Waals surface area contributed by atoms with Gasteiger partial charge in [-0.15, -0.1) is 11.3 Å². The second-order valence-electron chi connectivity index (χ2n) is 4.15. The first-order valence-electron chi connectivity index (χ1n) is 6.00. The van der Waals surface area contributed by atoms with Crippen molar-refractivity contribution in [2.24, 2.45) is 0 Å². The summed E-state index contributed by atoms with van der Waals surface area (Å²) in [5.74, 6) is -1.71. The molecule has 122 valence electrons. The minimum Gasteiger partial charge on any atom is -0.451 e. The highest BCUT2D eigenvalue weighted by Gasteiger charge is 2.31. The number of hydrogen-bond acceptors (Lipinski definition) is 5. The van der Waals surface area contributed by atoms with E-state index in [1.54, 1.807) is 11.4 Å². The van der Waals surface area contributed by atoms with Gasteiger partial charge in [-0.3, -0.25) is 4.79 Å². The Morgan fingerprint density at radius 3 is 2.70 bits per heavy atom. The third-order valence-corrected chi connectivity index (χ3v) is 3.62. The number of thiophene rings is 1. The lowest BCUT2D eigenvalue weighted by Crippen LogP contribution is -2.21. The Morgan fingerprint density at radius 2 is 2.13 bits per heavy atom. The first kappa shape index (κ1) is 17.2. The number of halogens is 4. The van der Waals surface area contributed by atoms with Crippen molar-refractivity contribution in [2.75, 3.05) is 11.9 Å². The quantitative estimate of drug-likeness (QED) is 0.841. The molecule has 0 aliphatic carbocycles. The highest BCUT2D eigenvalue weighted by molar-refractivity contribution is 7.11. The highest BCUT2D eigenvalue weighted by atomic mass is 35.5. The molecule has 0 radical (unpaired) electrons. The number of rotatable bonds is 4. The maximum atomic E-state index is 12.5. The zero-order valence-electron chi connectivity index (χ0n) is 11.2. The minimum absolute atomic E-state index is 0.253. The summed E-state index contributed by atoms with van der Waals surface area (Å²) in [4.78, 5) is 26.9. The number of alkyl halides is 3. The Kier molecular flexibility index (Phi) is 5.22. The lowest BCUT2D eigenvalue weighted by atomic mass is 10.3. The number of nitrogens with one attached hydrogen (secondary N) is 1. The number of hydrogen-bond donors (Lipinski definition) is 1. The monoisotopic (exact) mass is 364 g/mol. The molecule has 2 heterocycles. The normalized spacial score (nSPS) is 11.1. The number of esters is 1. The van der Waals surface area contributed by atoms with Gasteiger partial charge in [0.1, 0.15) is 4.88 Å². The lowest BCUT2D eigenvalue weighted by molar-refractivity contribution is -0.137. The van der Waals surface area contributed by atoms with Gasteiger partial charge in [0.2, 0.25) is 0 Å². The van der Waals surface area contributed by atoms with Crippen LogP contribution >= 0.6 is 22.9 Å².